The predicted octanol–water partition coefficient (Wildman–Crippen LogP) is 1.78. The van der Waals surface area contributed by atoms with Crippen LogP contribution in [0.2, 0.25) is 0 Å². The molecule has 0 radical (unpaired) electrons. The van der Waals surface area contributed by atoms with Crippen molar-refractivity contribution in [1.29, 1.82) is 0 Å². The van der Waals surface area contributed by atoms with Gasteiger partial charge in [0.1, 0.15) is 12.4 Å². The van der Waals surface area contributed by atoms with Gasteiger partial charge in [0.25, 0.3) is 5.92 Å². The predicted molar refractivity (Wildman–Crippen MR) is 43.8 cm³/mol. The third-order valence-electron chi connectivity index (χ3n) is 1.83. The van der Waals surface area contributed by atoms with E-state index in [0.29, 0.717) is 5.56 Å². The van der Waals surface area contributed by atoms with E-state index in [4.69, 9.17) is 10.2 Å². The summed E-state index contributed by atoms with van der Waals surface area (Å²) < 4.78 is 25.7. The number of alkyl halides is 2. The van der Waals surface area contributed by atoms with Gasteiger partial charge in [0.05, 0.1) is 0 Å². The van der Waals surface area contributed by atoms with Gasteiger partial charge in [0, 0.05) is 5.56 Å². The Balaban J connectivity index is 3.10. The topological polar surface area (TPSA) is 40.5 Å². The highest BCUT2D eigenvalue weighted by Crippen LogP contribution is 2.30. The number of halogens is 2. The van der Waals surface area contributed by atoms with Crippen LogP contribution in [0.3, 0.4) is 0 Å². The Kier molecular flexibility index (Phi) is 2.52. The van der Waals surface area contributed by atoms with Crippen molar-refractivity contribution in [1.82, 2.24) is 0 Å². The number of aliphatic hydroxyl groups excluding tert-OH is 1. The van der Waals surface area contributed by atoms with Crippen LogP contribution in [0.5, 0.6) is 5.75 Å². The highest BCUT2D eigenvalue weighted by atomic mass is 19.3. The zero-order valence-electron chi connectivity index (χ0n) is 7.09. The molecule has 2 nitrogen and oxygen atoms in total. The molecule has 0 atom stereocenters. The van der Waals surface area contributed by atoms with Crippen LogP contribution in [-0.4, -0.2) is 16.8 Å². The highest BCUT2D eigenvalue weighted by Gasteiger charge is 2.30. The van der Waals surface area contributed by atoms with Crippen LogP contribution in [0.25, 0.3) is 0 Å². The van der Waals surface area contributed by atoms with Crippen molar-refractivity contribution in [3.8, 4) is 5.75 Å². The minimum Gasteiger partial charge on any atom is -0.508 e. The van der Waals surface area contributed by atoms with Gasteiger partial charge in [0.2, 0.25) is 0 Å². The third-order valence-corrected chi connectivity index (χ3v) is 1.83. The van der Waals surface area contributed by atoms with Gasteiger partial charge in [-0.25, -0.2) is 0 Å². The molecule has 0 aliphatic carbocycles. The van der Waals surface area contributed by atoms with E-state index in [9.17, 15) is 8.78 Å². The molecule has 0 spiro atoms. The average Bonchev–Trinajstić information content (AvgIpc) is 2.09. The molecule has 0 bridgehead atoms. The first-order chi connectivity index (χ1) is 5.97. The van der Waals surface area contributed by atoms with Gasteiger partial charge in [-0.05, 0) is 18.6 Å². The summed E-state index contributed by atoms with van der Waals surface area (Å²) in [6, 6.07) is 3.53. The fraction of sp³-hybridized carbons (Fsp3) is 0.333. The van der Waals surface area contributed by atoms with Crippen molar-refractivity contribution in [3.05, 3.63) is 29.3 Å². The van der Waals surface area contributed by atoms with Gasteiger partial charge in [-0.15, -0.1) is 0 Å². The van der Waals surface area contributed by atoms with Crippen LogP contribution in [0, 0.1) is 6.92 Å². The lowest BCUT2D eigenvalue weighted by Crippen LogP contribution is -2.18. The van der Waals surface area contributed by atoms with Gasteiger partial charge >= 0.3 is 0 Å². The zero-order valence-corrected chi connectivity index (χ0v) is 7.09. The minimum atomic E-state index is -3.29. The molecule has 0 aromatic heterocycles. The van der Waals surface area contributed by atoms with Crippen molar-refractivity contribution in [2.24, 2.45) is 0 Å². The van der Waals surface area contributed by atoms with E-state index in [2.05, 4.69) is 0 Å². The van der Waals surface area contributed by atoms with Crippen molar-refractivity contribution >= 4 is 0 Å². The van der Waals surface area contributed by atoms with Crippen LogP contribution >= 0.6 is 0 Å². The van der Waals surface area contributed by atoms with Crippen LogP contribution in [0.1, 0.15) is 11.1 Å². The summed E-state index contributed by atoms with van der Waals surface area (Å²) in [4.78, 5) is 0. The number of hydrogen-bond acceptors (Lipinski definition) is 2. The molecule has 0 unspecified atom stereocenters. The Bertz CT molecular complexity index is 310. The first-order valence-electron chi connectivity index (χ1n) is 3.76. The van der Waals surface area contributed by atoms with E-state index >= 15 is 0 Å². The normalized spacial score (nSPS) is 11.7. The number of aromatic hydroxyl groups is 1. The Morgan fingerprint density at radius 1 is 1.38 bits per heavy atom. The molecule has 4 heteroatoms. The van der Waals surface area contributed by atoms with E-state index in [0.717, 1.165) is 6.07 Å². The molecule has 0 heterocycles. The van der Waals surface area contributed by atoms with E-state index < -0.39 is 12.5 Å². The molecular formula is C9H10F2O2. The van der Waals surface area contributed by atoms with Gasteiger partial charge in [-0.1, -0.05) is 12.1 Å². The maximum atomic E-state index is 12.8. The second kappa shape index (κ2) is 3.30. The Hall–Kier alpha value is -1.16. The van der Waals surface area contributed by atoms with Crippen LogP contribution in [0.4, 0.5) is 8.78 Å². The molecule has 13 heavy (non-hydrogen) atoms. The first kappa shape index (κ1) is 9.92. The number of aliphatic hydroxyl groups is 1. The maximum absolute atomic E-state index is 12.8. The van der Waals surface area contributed by atoms with Crippen molar-refractivity contribution in [2.75, 3.05) is 6.61 Å². The summed E-state index contributed by atoms with van der Waals surface area (Å²) in [6.45, 7) is 0.353. The van der Waals surface area contributed by atoms with Gasteiger partial charge in [0.15, 0.2) is 0 Å². The fourth-order valence-electron chi connectivity index (χ4n) is 0.928. The number of benzene rings is 1. The lowest BCUT2D eigenvalue weighted by Gasteiger charge is -2.13. The second-order valence-corrected chi connectivity index (χ2v) is 2.86. The molecule has 0 amide bonds. The summed E-state index contributed by atoms with van der Waals surface area (Å²) >= 11 is 0. The lowest BCUT2D eigenvalue weighted by molar-refractivity contribution is -0.0557. The number of phenolic OH excluding ortho intramolecular Hbond substituents is 1. The summed E-state index contributed by atoms with van der Waals surface area (Å²) in [5, 5.41) is 17.5. The molecule has 0 aliphatic rings. The number of aryl methyl sites for hydroxylation is 1. The zero-order chi connectivity index (χ0) is 10.1. The molecule has 72 valence electrons. The fourth-order valence-corrected chi connectivity index (χ4v) is 0.928. The monoisotopic (exact) mass is 188 g/mol. The smallest absolute Gasteiger partial charge is 0.295 e. The van der Waals surface area contributed by atoms with Gasteiger partial charge in [-0.2, -0.15) is 8.78 Å². The van der Waals surface area contributed by atoms with E-state index in [1.165, 1.54) is 12.1 Å². The minimum absolute atomic E-state index is 0.189. The van der Waals surface area contributed by atoms with Gasteiger partial charge in [-0.3, -0.25) is 0 Å². The van der Waals surface area contributed by atoms with Crippen molar-refractivity contribution in [2.45, 2.75) is 12.8 Å². The molecule has 0 fully saturated rings. The van der Waals surface area contributed by atoms with Crippen LogP contribution in [0.15, 0.2) is 18.2 Å². The molecular weight excluding hydrogens is 178 g/mol. The van der Waals surface area contributed by atoms with Crippen molar-refractivity contribution in [3.63, 3.8) is 0 Å². The molecule has 1 rings (SSSR count). The summed E-state index contributed by atoms with van der Waals surface area (Å²) in [7, 11) is 0. The first-order valence-corrected chi connectivity index (χ1v) is 3.76. The summed E-state index contributed by atoms with van der Waals surface area (Å²) in [6.07, 6.45) is 0. The molecule has 2 N–H and O–H groups in total. The van der Waals surface area contributed by atoms with Crippen LogP contribution in [-0.2, 0) is 5.92 Å². The van der Waals surface area contributed by atoms with Crippen molar-refractivity contribution < 1.29 is 19.0 Å². The number of hydrogen-bond donors (Lipinski definition) is 2. The second-order valence-electron chi connectivity index (χ2n) is 2.86. The maximum Gasteiger partial charge on any atom is 0.295 e. The lowest BCUT2D eigenvalue weighted by atomic mass is 10.1. The molecule has 0 aliphatic heterocycles. The highest BCUT2D eigenvalue weighted by molar-refractivity contribution is 5.37. The largest absolute Gasteiger partial charge is 0.508 e. The SMILES string of the molecule is Cc1ccc(C(F)(F)CO)cc1O. The molecule has 1 aromatic rings. The summed E-state index contributed by atoms with van der Waals surface area (Å²) in [5.74, 6) is -3.48. The van der Waals surface area contributed by atoms with Crippen LogP contribution < -0.4 is 0 Å². The van der Waals surface area contributed by atoms with E-state index in [-0.39, 0.29) is 11.3 Å². The quantitative estimate of drug-likeness (QED) is 0.742. The summed E-state index contributed by atoms with van der Waals surface area (Å²) in [5.41, 5.74) is 0.149. The average molecular weight is 188 g/mol. The Morgan fingerprint density at radius 3 is 2.46 bits per heavy atom. The number of rotatable bonds is 2. The molecule has 0 saturated heterocycles. The molecule has 0 saturated carbocycles. The third kappa shape index (κ3) is 1.95. The Labute approximate surface area is 74.4 Å². The van der Waals surface area contributed by atoms with E-state index in [1.54, 1.807) is 6.92 Å². The number of phenols is 1. The molecule has 1 aromatic carbocycles. The van der Waals surface area contributed by atoms with E-state index in [1.807, 2.05) is 0 Å². The standard InChI is InChI=1S/C9H10F2O2/c1-6-2-3-7(4-8(6)13)9(10,11)5-12/h2-4,12-13H,5H2,1H3. The Morgan fingerprint density at radius 2 is 2.00 bits per heavy atom. The van der Waals surface area contributed by atoms with Gasteiger partial charge < -0.3 is 10.2 Å².